The van der Waals surface area contributed by atoms with Crippen LogP contribution in [0.25, 0.3) is 0 Å². The van der Waals surface area contributed by atoms with E-state index in [2.05, 4.69) is 10.0 Å². The van der Waals surface area contributed by atoms with Crippen LogP contribution in [0.3, 0.4) is 0 Å². The highest BCUT2D eigenvalue weighted by atomic mass is 32.2. The largest absolute Gasteiger partial charge is 0.360 e. The van der Waals surface area contributed by atoms with Crippen molar-refractivity contribution in [1.82, 2.24) is 0 Å². The van der Waals surface area contributed by atoms with E-state index >= 15 is 0 Å². The zero-order valence-electron chi connectivity index (χ0n) is 14.7. The number of hydrogen-bond donors (Lipinski definition) is 2. The van der Waals surface area contributed by atoms with Crippen LogP contribution in [0.5, 0.6) is 0 Å². The Hall–Kier alpha value is -2.60. The number of rotatable bonds is 5. The van der Waals surface area contributed by atoms with E-state index in [1.165, 1.54) is 0 Å². The molecule has 1 saturated carbocycles. The van der Waals surface area contributed by atoms with Crippen molar-refractivity contribution < 1.29 is 13.2 Å². The van der Waals surface area contributed by atoms with Crippen molar-refractivity contribution in [3.05, 3.63) is 65.9 Å². The van der Waals surface area contributed by atoms with Gasteiger partial charge in [0.05, 0.1) is 16.3 Å². The normalized spacial score (nSPS) is 16.5. The Kier molecular flexibility index (Phi) is 5.42. The molecule has 0 aliphatic heterocycles. The van der Waals surface area contributed by atoms with Gasteiger partial charge in [0.25, 0.3) is 10.0 Å². The highest BCUT2D eigenvalue weighted by molar-refractivity contribution is 7.92. The van der Waals surface area contributed by atoms with Crippen LogP contribution in [0.1, 0.15) is 31.2 Å². The lowest BCUT2D eigenvalue weighted by Crippen LogP contribution is -2.14. The fourth-order valence-electron chi connectivity index (χ4n) is 2.84. The molecule has 3 rings (SSSR count). The molecule has 1 aliphatic carbocycles. The van der Waals surface area contributed by atoms with E-state index in [1.54, 1.807) is 48.7 Å². The van der Waals surface area contributed by atoms with Crippen LogP contribution in [0, 0.1) is 6.92 Å². The number of sulfonamides is 1. The maximum atomic E-state index is 12.6. The van der Waals surface area contributed by atoms with Crippen LogP contribution in [0.2, 0.25) is 0 Å². The van der Waals surface area contributed by atoms with Gasteiger partial charge in [0, 0.05) is 18.2 Å². The van der Waals surface area contributed by atoms with Gasteiger partial charge in [0.2, 0.25) is 0 Å². The Balaban J connectivity index is 1.82. The molecule has 0 amide bonds. The first-order valence-electron chi connectivity index (χ1n) is 8.63. The van der Waals surface area contributed by atoms with Gasteiger partial charge in [-0.05, 0) is 50.5 Å². The molecule has 2 N–H and O–H groups in total. The van der Waals surface area contributed by atoms with Crippen molar-refractivity contribution in [1.29, 1.82) is 0 Å². The lowest BCUT2D eigenvalue weighted by molar-refractivity contribution is -0.116. The molecular weight excluding hydrogens is 348 g/mol. The van der Waals surface area contributed by atoms with Crippen LogP contribution in [-0.2, 0) is 14.8 Å². The van der Waals surface area contributed by atoms with E-state index in [-0.39, 0.29) is 10.7 Å². The summed E-state index contributed by atoms with van der Waals surface area (Å²) in [6, 6.07) is 13.7. The summed E-state index contributed by atoms with van der Waals surface area (Å²) in [5, 5.41) is 3.09. The number of benzene rings is 2. The Bertz CT molecular complexity index is 932. The Morgan fingerprint density at radius 3 is 2.27 bits per heavy atom. The first kappa shape index (κ1) is 18.2. The molecule has 26 heavy (non-hydrogen) atoms. The maximum absolute atomic E-state index is 12.6. The van der Waals surface area contributed by atoms with Gasteiger partial charge in [-0.25, -0.2) is 8.42 Å². The fraction of sp³-hybridized carbons (Fsp3) is 0.250. The number of aryl methyl sites for hydroxylation is 1. The summed E-state index contributed by atoms with van der Waals surface area (Å²) in [6.07, 6.45) is 4.96. The van der Waals surface area contributed by atoms with Gasteiger partial charge in [-0.3, -0.25) is 9.52 Å². The van der Waals surface area contributed by atoms with Gasteiger partial charge in [0.1, 0.15) is 0 Å². The van der Waals surface area contributed by atoms with Crippen molar-refractivity contribution in [2.75, 3.05) is 10.0 Å². The molecule has 2 aromatic carbocycles. The Labute approximate surface area is 154 Å². The van der Waals surface area contributed by atoms with Crippen molar-refractivity contribution in [3.8, 4) is 0 Å². The summed E-state index contributed by atoms with van der Waals surface area (Å²) >= 11 is 0. The minimum atomic E-state index is -3.68. The molecule has 0 spiro atoms. The molecule has 0 saturated heterocycles. The average Bonchev–Trinajstić information content (AvgIpc) is 2.62. The van der Waals surface area contributed by atoms with Gasteiger partial charge in [-0.2, -0.15) is 0 Å². The van der Waals surface area contributed by atoms with Gasteiger partial charge in [-0.1, -0.05) is 29.8 Å². The molecule has 6 heteroatoms. The number of nitrogens with one attached hydrogen (secondary N) is 2. The fourth-order valence-corrected chi connectivity index (χ4v) is 3.92. The smallest absolute Gasteiger partial charge is 0.261 e. The average molecular weight is 370 g/mol. The van der Waals surface area contributed by atoms with Gasteiger partial charge in [-0.15, -0.1) is 0 Å². The van der Waals surface area contributed by atoms with Gasteiger partial charge < -0.3 is 5.32 Å². The van der Waals surface area contributed by atoms with Gasteiger partial charge >= 0.3 is 0 Å². The third-order valence-corrected chi connectivity index (χ3v) is 5.74. The molecule has 0 bridgehead atoms. The van der Waals surface area contributed by atoms with E-state index in [1.807, 2.05) is 13.0 Å². The van der Waals surface area contributed by atoms with E-state index in [4.69, 9.17) is 0 Å². The molecule has 5 nitrogen and oxygen atoms in total. The molecule has 0 aromatic heterocycles. The Morgan fingerprint density at radius 2 is 1.58 bits per heavy atom. The highest BCUT2D eigenvalue weighted by Gasteiger charge is 2.17. The number of carbonyl (C=O) groups excluding carboxylic acids is 1. The number of allylic oxidation sites excluding steroid dienone is 1. The quantitative estimate of drug-likeness (QED) is 0.772. The summed E-state index contributed by atoms with van der Waals surface area (Å²) in [4.78, 5) is 12.1. The SMILES string of the molecule is Cc1ccc(S(=O)(=O)Nc2ccccc2NC=C2CCCCC2=O)cc1. The predicted octanol–water partition coefficient (Wildman–Crippen LogP) is 4.23. The first-order chi connectivity index (χ1) is 12.5. The standard InChI is InChI=1S/C20H22N2O3S/c1-15-10-12-17(13-11-15)26(24,25)22-19-8-4-3-7-18(19)21-14-16-6-2-5-9-20(16)23/h3-4,7-8,10-14,21-22H,2,5-6,9H2,1H3. The minimum absolute atomic E-state index is 0.154. The monoisotopic (exact) mass is 370 g/mol. The molecular formula is C20H22N2O3S. The minimum Gasteiger partial charge on any atom is -0.360 e. The first-order valence-corrected chi connectivity index (χ1v) is 10.1. The summed E-state index contributed by atoms with van der Waals surface area (Å²) < 4.78 is 27.8. The summed E-state index contributed by atoms with van der Waals surface area (Å²) in [5.41, 5.74) is 2.80. The highest BCUT2D eigenvalue weighted by Crippen LogP contribution is 2.26. The molecule has 0 radical (unpaired) electrons. The third-order valence-electron chi connectivity index (χ3n) is 4.36. The van der Waals surface area contributed by atoms with E-state index in [0.717, 1.165) is 30.4 Å². The lowest BCUT2D eigenvalue weighted by Gasteiger charge is -2.15. The second-order valence-corrected chi connectivity index (χ2v) is 8.09. The number of ketones is 1. The second kappa shape index (κ2) is 7.74. The lowest BCUT2D eigenvalue weighted by atomic mass is 9.94. The van der Waals surface area contributed by atoms with E-state index in [0.29, 0.717) is 17.8 Å². The molecule has 0 heterocycles. The molecule has 1 fully saturated rings. The Morgan fingerprint density at radius 1 is 0.923 bits per heavy atom. The van der Waals surface area contributed by atoms with E-state index in [9.17, 15) is 13.2 Å². The molecule has 1 aliphatic rings. The molecule has 136 valence electrons. The van der Waals surface area contributed by atoms with Crippen molar-refractivity contribution in [2.24, 2.45) is 0 Å². The number of anilines is 2. The summed E-state index contributed by atoms with van der Waals surface area (Å²) in [5.74, 6) is 0.154. The maximum Gasteiger partial charge on any atom is 0.261 e. The van der Waals surface area contributed by atoms with Crippen LogP contribution < -0.4 is 10.0 Å². The zero-order chi connectivity index (χ0) is 18.6. The summed E-state index contributed by atoms with van der Waals surface area (Å²) in [7, 11) is -3.68. The molecule has 0 atom stereocenters. The zero-order valence-corrected chi connectivity index (χ0v) is 15.5. The summed E-state index contributed by atoms with van der Waals surface area (Å²) in [6.45, 7) is 1.91. The van der Waals surface area contributed by atoms with E-state index < -0.39 is 10.0 Å². The van der Waals surface area contributed by atoms with Crippen molar-refractivity contribution >= 4 is 27.2 Å². The van der Waals surface area contributed by atoms with Crippen LogP contribution in [0.4, 0.5) is 11.4 Å². The molecule has 0 unspecified atom stereocenters. The number of Topliss-reactive ketones (excluding diaryl/α,β-unsaturated/α-hetero) is 1. The predicted molar refractivity (Wildman–Crippen MR) is 104 cm³/mol. The van der Waals surface area contributed by atoms with Crippen LogP contribution in [-0.4, -0.2) is 14.2 Å². The number of para-hydroxylation sites is 2. The van der Waals surface area contributed by atoms with Crippen molar-refractivity contribution in [3.63, 3.8) is 0 Å². The molecule has 2 aromatic rings. The van der Waals surface area contributed by atoms with Crippen LogP contribution >= 0.6 is 0 Å². The second-order valence-electron chi connectivity index (χ2n) is 6.41. The van der Waals surface area contributed by atoms with Crippen LogP contribution in [0.15, 0.2) is 65.2 Å². The number of hydrogen-bond acceptors (Lipinski definition) is 4. The number of carbonyl (C=O) groups is 1. The topological polar surface area (TPSA) is 75.3 Å². The van der Waals surface area contributed by atoms with Gasteiger partial charge in [0.15, 0.2) is 5.78 Å². The van der Waals surface area contributed by atoms with Crippen molar-refractivity contribution in [2.45, 2.75) is 37.5 Å². The third kappa shape index (κ3) is 4.32.